The highest BCUT2D eigenvalue weighted by Crippen LogP contribution is 2.42. The third kappa shape index (κ3) is 7.30. The van der Waals surface area contributed by atoms with Crippen LogP contribution in [0.25, 0.3) is 0 Å². The number of halogens is 2. The van der Waals surface area contributed by atoms with Gasteiger partial charge in [0.05, 0.1) is 23.0 Å². The number of hydrogen-bond acceptors (Lipinski definition) is 4. The van der Waals surface area contributed by atoms with E-state index in [1.54, 1.807) is 13.8 Å². The summed E-state index contributed by atoms with van der Waals surface area (Å²) >= 11 is 6.20. The Morgan fingerprint density at radius 2 is 1.48 bits per heavy atom. The molecular formula is C34H55Cl2N3O3. The lowest BCUT2D eigenvalue weighted by molar-refractivity contribution is -0.160. The first-order chi connectivity index (χ1) is 18.8. The minimum Gasteiger partial charge on any atom is -0.389 e. The summed E-state index contributed by atoms with van der Waals surface area (Å²) in [4.78, 5) is 35.1. The number of amides is 2. The molecule has 1 aliphatic carbocycles. The van der Waals surface area contributed by atoms with Crippen molar-refractivity contribution in [2.24, 2.45) is 16.7 Å². The van der Waals surface area contributed by atoms with E-state index in [1.165, 1.54) is 0 Å². The van der Waals surface area contributed by atoms with Gasteiger partial charge in [-0.3, -0.25) is 14.5 Å². The summed E-state index contributed by atoms with van der Waals surface area (Å²) in [5, 5.41) is 11.7. The molecule has 1 saturated carbocycles. The molecule has 2 saturated heterocycles. The lowest BCUT2D eigenvalue weighted by atomic mass is 9.72. The van der Waals surface area contributed by atoms with Crippen LogP contribution in [0.3, 0.4) is 0 Å². The van der Waals surface area contributed by atoms with Gasteiger partial charge in [0.2, 0.25) is 11.8 Å². The molecule has 1 aromatic rings. The largest absolute Gasteiger partial charge is 0.389 e. The lowest BCUT2D eigenvalue weighted by Crippen LogP contribution is -2.59. The van der Waals surface area contributed by atoms with E-state index in [-0.39, 0.29) is 59.1 Å². The Morgan fingerprint density at radius 1 is 0.905 bits per heavy atom. The lowest BCUT2D eigenvalue weighted by Gasteiger charge is -2.47. The summed E-state index contributed by atoms with van der Waals surface area (Å²) < 4.78 is 0. The van der Waals surface area contributed by atoms with E-state index in [1.807, 2.05) is 30.9 Å². The van der Waals surface area contributed by atoms with E-state index in [0.717, 1.165) is 50.8 Å². The topological polar surface area (TPSA) is 64.1 Å². The molecule has 8 heteroatoms. The highest BCUT2D eigenvalue weighted by Gasteiger charge is 2.50. The van der Waals surface area contributed by atoms with Crippen LogP contribution in [0.15, 0.2) is 24.3 Å². The van der Waals surface area contributed by atoms with E-state index in [9.17, 15) is 14.7 Å². The molecule has 42 heavy (non-hydrogen) atoms. The molecular weight excluding hydrogens is 569 g/mol. The summed E-state index contributed by atoms with van der Waals surface area (Å²) in [6.45, 7) is 21.2. The fourth-order valence-electron chi connectivity index (χ4n) is 6.93. The van der Waals surface area contributed by atoms with Gasteiger partial charge in [-0.1, -0.05) is 37.6 Å². The zero-order valence-electron chi connectivity index (χ0n) is 27.4. The van der Waals surface area contributed by atoms with Crippen LogP contribution in [0.4, 0.5) is 0 Å². The van der Waals surface area contributed by atoms with E-state index < -0.39 is 11.0 Å². The number of benzene rings is 1. The Bertz CT molecular complexity index is 1100. The summed E-state index contributed by atoms with van der Waals surface area (Å²) in [7, 11) is 0. The zero-order valence-corrected chi connectivity index (χ0v) is 28.9. The van der Waals surface area contributed by atoms with Gasteiger partial charge in [0.15, 0.2) is 0 Å². The van der Waals surface area contributed by atoms with Crippen LogP contribution in [-0.4, -0.2) is 81.0 Å². The van der Waals surface area contributed by atoms with Crippen LogP contribution in [0.5, 0.6) is 0 Å². The molecule has 1 N–H and O–H groups in total. The average Bonchev–Trinajstić information content (AvgIpc) is 3.53. The third-order valence-corrected chi connectivity index (χ3v) is 11.0. The second-order valence-corrected chi connectivity index (χ2v) is 16.3. The van der Waals surface area contributed by atoms with Crippen molar-refractivity contribution in [2.45, 2.75) is 124 Å². The van der Waals surface area contributed by atoms with Gasteiger partial charge in [0, 0.05) is 48.7 Å². The van der Waals surface area contributed by atoms with Gasteiger partial charge in [-0.25, -0.2) is 0 Å². The first kappa shape index (κ1) is 35.1. The molecule has 3 aliphatic rings. The second kappa shape index (κ2) is 12.6. The van der Waals surface area contributed by atoms with E-state index in [0.29, 0.717) is 18.1 Å². The van der Waals surface area contributed by atoms with Gasteiger partial charge in [0.25, 0.3) is 0 Å². The van der Waals surface area contributed by atoms with Crippen LogP contribution >= 0.6 is 24.0 Å². The van der Waals surface area contributed by atoms with Crippen molar-refractivity contribution in [3.05, 3.63) is 34.9 Å². The minimum atomic E-state index is -1.16. The van der Waals surface area contributed by atoms with Crippen LogP contribution < -0.4 is 0 Å². The van der Waals surface area contributed by atoms with Crippen molar-refractivity contribution in [3.8, 4) is 0 Å². The van der Waals surface area contributed by atoms with Crippen molar-refractivity contribution in [3.63, 3.8) is 0 Å². The van der Waals surface area contributed by atoms with Gasteiger partial charge in [-0.05, 0) is 104 Å². The minimum absolute atomic E-state index is 0. The molecule has 0 aromatic heterocycles. The average molecular weight is 625 g/mol. The SMILES string of the molecule is CC1(C)CCC(N(C(=O)C(C)(C)C(C)(C)O)[C@H]2CCN(C(=O)[C@@H]3CN(C(C)(C)C)C[C@H]3c3ccc(Cl)cc3)C2)CC1.Cl. The molecule has 0 spiro atoms. The Kier molecular flexibility index (Phi) is 10.5. The third-order valence-electron chi connectivity index (χ3n) is 10.8. The van der Waals surface area contributed by atoms with Gasteiger partial charge < -0.3 is 14.9 Å². The number of likely N-dealkylation sites (tertiary alicyclic amines) is 2. The molecule has 1 aromatic carbocycles. The summed E-state index contributed by atoms with van der Waals surface area (Å²) in [6.07, 6.45) is 4.86. The van der Waals surface area contributed by atoms with Gasteiger partial charge in [0.1, 0.15) is 0 Å². The molecule has 0 unspecified atom stereocenters. The number of aliphatic hydroxyl groups is 1. The van der Waals surface area contributed by atoms with Crippen molar-refractivity contribution < 1.29 is 14.7 Å². The molecule has 2 amide bonds. The number of hydrogen-bond donors (Lipinski definition) is 1. The number of carbonyl (C=O) groups excluding carboxylic acids is 2. The van der Waals surface area contributed by atoms with Crippen molar-refractivity contribution in [2.75, 3.05) is 26.2 Å². The maximum Gasteiger partial charge on any atom is 0.231 e. The highest BCUT2D eigenvalue weighted by atomic mass is 35.5. The molecule has 2 heterocycles. The molecule has 3 atom stereocenters. The molecule has 4 rings (SSSR count). The fourth-order valence-corrected chi connectivity index (χ4v) is 7.06. The van der Waals surface area contributed by atoms with Crippen LogP contribution in [0, 0.1) is 16.7 Å². The van der Waals surface area contributed by atoms with Crippen molar-refractivity contribution in [1.29, 1.82) is 0 Å². The number of rotatable bonds is 6. The Morgan fingerprint density at radius 3 is 2.00 bits per heavy atom. The fraction of sp³-hybridized carbons (Fsp3) is 0.765. The maximum absolute atomic E-state index is 14.3. The number of carbonyl (C=O) groups is 2. The van der Waals surface area contributed by atoms with Crippen LogP contribution in [0.1, 0.15) is 106 Å². The molecule has 238 valence electrons. The molecule has 3 fully saturated rings. The summed E-state index contributed by atoms with van der Waals surface area (Å²) in [5.41, 5.74) is -0.684. The van der Waals surface area contributed by atoms with Crippen molar-refractivity contribution >= 4 is 35.8 Å². The summed E-state index contributed by atoms with van der Waals surface area (Å²) in [6, 6.07) is 8.08. The van der Waals surface area contributed by atoms with Crippen LogP contribution in [0.2, 0.25) is 5.02 Å². The zero-order chi connectivity index (χ0) is 30.5. The predicted octanol–water partition coefficient (Wildman–Crippen LogP) is 6.77. The molecule has 6 nitrogen and oxygen atoms in total. The highest BCUT2D eigenvalue weighted by molar-refractivity contribution is 6.30. The first-order valence-electron chi connectivity index (χ1n) is 15.7. The smallest absolute Gasteiger partial charge is 0.231 e. The van der Waals surface area contributed by atoms with Gasteiger partial charge in [-0.15, -0.1) is 12.4 Å². The van der Waals surface area contributed by atoms with Crippen LogP contribution in [-0.2, 0) is 9.59 Å². The molecule has 0 radical (unpaired) electrons. The van der Waals surface area contributed by atoms with E-state index >= 15 is 0 Å². The standard InChI is InChI=1S/C34H54ClN3O3.ClH/c1-31(2,3)37-21-27(23-10-12-24(35)13-11-23)28(22-37)29(39)36-19-16-26(20-36)38(25-14-17-32(4,5)18-15-25)30(40)33(6,7)34(8,9)41;/h10-13,25-28,41H,14-22H2,1-9H3;1H/t26-,27-,28+;/m0./s1. The number of nitrogens with zero attached hydrogens (tertiary/aromatic N) is 3. The van der Waals surface area contributed by atoms with E-state index in [4.69, 9.17) is 11.6 Å². The predicted molar refractivity (Wildman–Crippen MR) is 174 cm³/mol. The maximum atomic E-state index is 14.3. The molecule has 0 bridgehead atoms. The molecule has 2 aliphatic heterocycles. The Balaban J connectivity index is 0.00000484. The monoisotopic (exact) mass is 623 g/mol. The van der Waals surface area contributed by atoms with Gasteiger partial charge >= 0.3 is 0 Å². The summed E-state index contributed by atoms with van der Waals surface area (Å²) in [5.74, 6) is 0.165. The second-order valence-electron chi connectivity index (χ2n) is 15.9. The Hall–Kier alpha value is -1.34. The van der Waals surface area contributed by atoms with Gasteiger partial charge in [-0.2, -0.15) is 0 Å². The normalized spacial score (nSPS) is 25.8. The Labute approximate surface area is 265 Å². The van der Waals surface area contributed by atoms with E-state index in [2.05, 4.69) is 56.6 Å². The van der Waals surface area contributed by atoms with Crippen molar-refractivity contribution in [1.82, 2.24) is 14.7 Å². The quantitative estimate of drug-likeness (QED) is 0.380. The first-order valence-corrected chi connectivity index (χ1v) is 16.0.